The van der Waals surface area contributed by atoms with Crippen molar-refractivity contribution in [1.29, 1.82) is 0 Å². The van der Waals surface area contributed by atoms with E-state index in [0.29, 0.717) is 12.8 Å². The van der Waals surface area contributed by atoms with Crippen molar-refractivity contribution in [3.05, 3.63) is 24.3 Å². The first kappa shape index (κ1) is 8.52. The molecule has 0 radical (unpaired) electrons. The van der Waals surface area contributed by atoms with Crippen LogP contribution < -0.4 is 0 Å². The first-order valence-electron chi connectivity index (χ1n) is 3.56. The van der Waals surface area contributed by atoms with Crippen molar-refractivity contribution in [1.82, 2.24) is 9.97 Å². The summed E-state index contributed by atoms with van der Waals surface area (Å²) in [5, 5.41) is 0. The molecule has 0 bridgehead atoms. The van der Waals surface area contributed by atoms with Gasteiger partial charge < -0.3 is 0 Å². The molecular weight excluding hydrogens is 154 g/mol. The van der Waals surface area contributed by atoms with Gasteiger partial charge in [0.1, 0.15) is 6.33 Å². The predicted octanol–water partition coefficient (Wildman–Crippen LogP) is 0.636. The van der Waals surface area contributed by atoms with Gasteiger partial charge in [-0.1, -0.05) is 0 Å². The molecular formula is C8H9N3O. The fourth-order valence-corrected chi connectivity index (χ4v) is 0.789. The Balaban J connectivity index is 2.43. The summed E-state index contributed by atoms with van der Waals surface area (Å²) in [6, 6.07) is 0. The van der Waals surface area contributed by atoms with E-state index in [1.54, 1.807) is 12.4 Å². The molecule has 0 unspecified atom stereocenters. The molecule has 0 aromatic carbocycles. The van der Waals surface area contributed by atoms with Crippen LogP contribution in [0, 0.1) is 0 Å². The normalized spacial score (nSPS) is 9.33. The van der Waals surface area contributed by atoms with Gasteiger partial charge in [-0.25, -0.2) is 15.0 Å². The van der Waals surface area contributed by atoms with Gasteiger partial charge in [-0.3, -0.25) is 4.79 Å². The van der Waals surface area contributed by atoms with E-state index >= 15 is 0 Å². The van der Waals surface area contributed by atoms with Crippen LogP contribution in [0.15, 0.2) is 23.7 Å². The smallest absolute Gasteiger partial charge is 0.245 e. The molecule has 4 heteroatoms. The largest absolute Gasteiger partial charge is 0.273 e. The first-order valence-corrected chi connectivity index (χ1v) is 3.56. The molecule has 0 atom stereocenters. The highest BCUT2D eigenvalue weighted by atomic mass is 16.1. The van der Waals surface area contributed by atoms with Crippen molar-refractivity contribution in [2.24, 2.45) is 4.99 Å². The van der Waals surface area contributed by atoms with Crippen LogP contribution in [0.4, 0.5) is 0 Å². The molecule has 0 spiro atoms. The molecule has 0 aliphatic heterocycles. The number of nitrogens with zero attached hydrogens (tertiary/aromatic N) is 3. The topological polar surface area (TPSA) is 55.2 Å². The number of amides is 1. The summed E-state index contributed by atoms with van der Waals surface area (Å²) in [6.07, 6.45) is 5.82. The van der Waals surface area contributed by atoms with E-state index in [-0.39, 0.29) is 5.91 Å². The average molecular weight is 163 g/mol. The predicted molar refractivity (Wildman–Crippen MR) is 44.9 cm³/mol. The third-order valence-electron chi connectivity index (χ3n) is 1.42. The molecule has 0 saturated heterocycles. The molecule has 1 heterocycles. The molecule has 0 fully saturated rings. The standard InChI is InChI=1S/C8H9N3O/c1-9-8(12)3-2-7-4-10-6-11-5-7/h4-6H,1-3H2. The lowest BCUT2D eigenvalue weighted by Crippen LogP contribution is -1.96. The first-order chi connectivity index (χ1) is 5.83. The van der Waals surface area contributed by atoms with Gasteiger partial charge in [-0.2, -0.15) is 0 Å². The average Bonchev–Trinajstić information content (AvgIpc) is 2.16. The van der Waals surface area contributed by atoms with Gasteiger partial charge in [0.15, 0.2) is 0 Å². The number of hydrogen-bond acceptors (Lipinski definition) is 3. The van der Waals surface area contributed by atoms with Gasteiger partial charge in [0.05, 0.1) is 0 Å². The third kappa shape index (κ3) is 2.57. The molecule has 12 heavy (non-hydrogen) atoms. The van der Waals surface area contributed by atoms with Crippen LogP contribution in [0.25, 0.3) is 0 Å². The van der Waals surface area contributed by atoms with Crippen LogP contribution in [0.2, 0.25) is 0 Å². The maximum atomic E-state index is 10.7. The Kier molecular flexibility index (Phi) is 3.07. The van der Waals surface area contributed by atoms with Crippen LogP contribution in [-0.2, 0) is 11.2 Å². The molecule has 4 nitrogen and oxygen atoms in total. The zero-order valence-corrected chi connectivity index (χ0v) is 6.60. The van der Waals surface area contributed by atoms with Crippen molar-refractivity contribution in [3.63, 3.8) is 0 Å². The van der Waals surface area contributed by atoms with Gasteiger partial charge in [-0.15, -0.1) is 0 Å². The van der Waals surface area contributed by atoms with E-state index in [1.165, 1.54) is 6.33 Å². The SMILES string of the molecule is C=NC(=O)CCc1cncnc1. The molecule has 0 N–H and O–H groups in total. The Morgan fingerprint density at radius 2 is 2.17 bits per heavy atom. The van der Waals surface area contributed by atoms with Gasteiger partial charge >= 0.3 is 0 Å². The van der Waals surface area contributed by atoms with E-state index in [9.17, 15) is 4.79 Å². The van der Waals surface area contributed by atoms with E-state index in [0.717, 1.165) is 5.56 Å². The Morgan fingerprint density at radius 3 is 2.75 bits per heavy atom. The number of aliphatic imine (C=N–C) groups is 1. The highest BCUT2D eigenvalue weighted by Gasteiger charge is 1.98. The second kappa shape index (κ2) is 4.33. The highest BCUT2D eigenvalue weighted by molar-refractivity contribution is 5.80. The molecule has 0 saturated carbocycles. The summed E-state index contributed by atoms with van der Waals surface area (Å²) in [4.78, 5) is 21.6. The van der Waals surface area contributed by atoms with Crippen LogP contribution in [-0.4, -0.2) is 22.6 Å². The monoisotopic (exact) mass is 163 g/mol. The fourth-order valence-electron chi connectivity index (χ4n) is 0.789. The third-order valence-corrected chi connectivity index (χ3v) is 1.42. The number of carbonyl (C=O) groups excluding carboxylic acids is 1. The number of aryl methyl sites for hydroxylation is 1. The van der Waals surface area contributed by atoms with Crippen molar-refractivity contribution in [3.8, 4) is 0 Å². The summed E-state index contributed by atoms with van der Waals surface area (Å²) in [6.45, 7) is 3.14. The lowest BCUT2D eigenvalue weighted by molar-refractivity contribution is -0.117. The van der Waals surface area contributed by atoms with Crippen molar-refractivity contribution in [2.75, 3.05) is 0 Å². The summed E-state index contributed by atoms with van der Waals surface area (Å²) < 4.78 is 0. The van der Waals surface area contributed by atoms with E-state index in [2.05, 4.69) is 21.7 Å². The molecule has 1 rings (SSSR count). The molecule has 0 aliphatic rings. The molecule has 62 valence electrons. The van der Waals surface area contributed by atoms with E-state index in [4.69, 9.17) is 0 Å². The van der Waals surface area contributed by atoms with Gasteiger partial charge in [0.2, 0.25) is 5.91 Å². The minimum Gasteiger partial charge on any atom is -0.273 e. The van der Waals surface area contributed by atoms with Gasteiger partial charge in [0.25, 0.3) is 0 Å². The molecule has 1 amide bonds. The van der Waals surface area contributed by atoms with Crippen LogP contribution >= 0.6 is 0 Å². The summed E-state index contributed by atoms with van der Waals surface area (Å²) in [5.74, 6) is -0.196. The molecule has 0 aliphatic carbocycles. The maximum Gasteiger partial charge on any atom is 0.245 e. The van der Waals surface area contributed by atoms with Crippen LogP contribution in [0.3, 0.4) is 0 Å². The number of aromatic nitrogens is 2. The Hall–Kier alpha value is -1.58. The zero-order valence-electron chi connectivity index (χ0n) is 6.60. The van der Waals surface area contributed by atoms with E-state index < -0.39 is 0 Å². The van der Waals surface area contributed by atoms with Gasteiger partial charge in [0, 0.05) is 18.8 Å². The minimum atomic E-state index is -0.196. The van der Waals surface area contributed by atoms with E-state index in [1.807, 2.05) is 0 Å². The molecule has 1 aromatic rings. The summed E-state index contributed by atoms with van der Waals surface area (Å²) in [5.41, 5.74) is 0.939. The zero-order chi connectivity index (χ0) is 8.81. The number of rotatable bonds is 3. The Labute approximate surface area is 70.4 Å². The summed E-state index contributed by atoms with van der Waals surface area (Å²) in [7, 11) is 0. The van der Waals surface area contributed by atoms with Crippen molar-refractivity contribution >= 4 is 12.6 Å². The maximum absolute atomic E-state index is 10.7. The highest BCUT2D eigenvalue weighted by Crippen LogP contribution is 1.98. The fraction of sp³-hybridized carbons (Fsp3) is 0.250. The van der Waals surface area contributed by atoms with Crippen molar-refractivity contribution < 1.29 is 4.79 Å². The van der Waals surface area contributed by atoms with Crippen LogP contribution in [0.1, 0.15) is 12.0 Å². The minimum absolute atomic E-state index is 0.196. The number of carbonyl (C=O) groups is 1. The lowest BCUT2D eigenvalue weighted by atomic mass is 10.2. The molecule has 1 aromatic heterocycles. The second-order valence-electron chi connectivity index (χ2n) is 2.30. The number of hydrogen-bond donors (Lipinski definition) is 0. The second-order valence-corrected chi connectivity index (χ2v) is 2.30. The van der Waals surface area contributed by atoms with Gasteiger partial charge in [-0.05, 0) is 18.7 Å². The summed E-state index contributed by atoms with van der Waals surface area (Å²) >= 11 is 0. The Morgan fingerprint density at radius 1 is 1.50 bits per heavy atom. The quantitative estimate of drug-likeness (QED) is 0.614. The van der Waals surface area contributed by atoms with Crippen LogP contribution in [0.5, 0.6) is 0 Å². The lowest BCUT2D eigenvalue weighted by Gasteiger charge is -1.94. The Bertz CT molecular complexity index is 271. The van der Waals surface area contributed by atoms with Crippen molar-refractivity contribution in [2.45, 2.75) is 12.8 Å².